The van der Waals surface area contributed by atoms with Gasteiger partial charge in [0, 0.05) is 35.3 Å². The lowest BCUT2D eigenvalue weighted by atomic mass is 9.73. The second-order valence-corrected chi connectivity index (χ2v) is 13.5. The molecule has 3 heterocycles. The maximum atomic E-state index is 15.2. The van der Waals surface area contributed by atoms with Crippen molar-refractivity contribution in [1.82, 2.24) is 4.90 Å². The van der Waals surface area contributed by atoms with E-state index in [0.29, 0.717) is 0 Å². The van der Waals surface area contributed by atoms with Crippen molar-refractivity contribution in [2.75, 3.05) is 23.3 Å². The SMILES string of the molecule is CC(C)(c1cccc(N(CC2CC2)C(=O)[C@H]2[C@H]3CC(F)(F)CN3[C@]3(C(=O)Nc4c(Cl)cc(Cl)cc43)[C@H]2C(=O)O)c1)C(F)(F)F. The smallest absolute Gasteiger partial charge is 0.397 e. The third kappa shape index (κ3) is 4.58. The predicted octanol–water partition coefficient (Wildman–Crippen LogP) is 6.46. The van der Waals surface area contributed by atoms with E-state index < -0.39 is 71.7 Å². The van der Waals surface area contributed by atoms with Crippen molar-refractivity contribution >= 4 is 52.4 Å². The Labute approximate surface area is 259 Å². The molecule has 0 radical (unpaired) electrons. The zero-order valence-corrected chi connectivity index (χ0v) is 25.0. The average Bonchev–Trinajstić information content (AvgIpc) is 3.54. The van der Waals surface area contributed by atoms with Gasteiger partial charge in [-0.3, -0.25) is 19.3 Å². The Morgan fingerprint density at radius 2 is 1.82 bits per heavy atom. The van der Waals surface area contributed by atoms with Crippen LogP contribution in [-0.4, -0.2) is 59.0 Å². The van der Waals surface area contributed by atoms with Gasteiger partial charge >= 0.3 is 12.1 Å². The van der Waals surface area contributed by atoms with E-state index in [4.69, 9.17) is 23.2 Å². The molecule has 4 aliphatic rings. The van der Waals surface area contributed by atoms with Crippen molar-refractivity contribution in [1.29, 1.82) is 0 Å². The van der Waals surface area contributed by atoms with Gasteiger partial charge in [-0.05, 0) is 62.4 Å². The highest BCUT2D eigenvalue weighted by Crippen LogP contribution is 2.61. The third-order valence-electron chi connectivity index (χ3n) is 9.58. The molecule has 1 saturated carbocycles. The highest BCUT2D eigenvalue weighted by atomic mass is 35.5. The Kier molecular flexibility index (Phi) is 7.07. The number of nitrogens with one attached hydrogen (secondary N) is 1. The van der Waals surface area contributed by atoms with Crippen molar-refractivity contribution in [2.24, 2.45) is 17.8 Å². The van der Waals surface area contributed by atoms with E-state index >= 15 is 8.78 Å². The summed E-state index contributed by atoms with van der Waals surface area (Å²) in [4.78, 5) is 43.9. The number of carbonyl (C=O) groups is 3. The summed E-state index contributed by atoms with van der Waals surface area (Å²) >= 11 is 12.6. The quantitative estimate of drug-likeness (QED) is 0.347. The van der Waals surface area contributed by atoms with E-state index in [1.165, 1.54) is 41.3 Å². The highest BCUT2D eigenvalue weighted by Gasteiger charge is 2.75. The van der Waals surface area contributed by atoms with Gasteiger partial charge in [0.2, 0.25) is 5.91 Å². The molecule has 4 atom stereocenters. The van der Waals surface area contributed by atoms with E-state index in [9.17, 15) is 32.7 Å². The second kappa shape index (κ2) is 10.0. The van der Waals surface area contributed by atoms with Crippen LogP contribution in [0.4, 0.5) is 33.3 Å². The Morgan fingerprint density at radius 3 is 2.43 bits per heavy atom. The first-order valence-electron chi connectivity index (χ1n) is 14.1. The molecule has 2 aromatic rings. The standard InChI is InChI=1S/C30H28Cl2F5N3O4/c1-27(2,30(35,36)37)15-4-3-5-17(8-15)39(12-14-6-7-14)24(41)21-20-11-28(33,34)13-40(20)29(22(21)25(42)43)18-9-16(31)10-19(32)23(18)38-26(29)44/h3-5,8-10,14,20-22H,6-7,11-13H2,1-2H3,(H,38,44)(H,42,43)/t20-,21+,22-,29+/m1/s1. The Hall–Kier alpha value is -2.96. The van der Waals surface area contributed by atoms with Gasteiger partial charge in [0.15, 0.2) is 0 Å². The van der Waals surface area contributed by atoms with Gasteiger partial charge in [-0.15, -0.1) is 0 Å². The number of benzene rings is 2. The van der Waals surface area contributed by atoms with E-state index in [1.54, 1.807) is 0 Å². The van der Waals surface area contributed by atoms with Gasteiger partial charge in [-0.25, -0.2) is 8.78 Å². The summed E-state index contributed by atoms with van der Waals surface area (Å²) in [6, 6.07) is 6.55. The molecule has 236 valence electrons. The molecule has 2 amide bonds. The molecule has 14 heteroatoms. The number of carboxylic acid groups (broad SMARTS) is 1. The van der Waals surface area contributed by atoms with Gasteiger partial charge in [0.05, 0.1) is 28.6 Å². The molecule has 6 rings (SSSR count). The van der Waals surface area contributed by atoms with Crippen LogP contribution in [0.5, 0.6) is 0 Å². The lowest BCUT2D eigenvalue weighted by Gasteiger charge is -2.36. The second-order valence-electron chi connectivity index (χ2n) is 12.7. The minimum absolute atomic E-state index is 0.00823. The fraction of sp³-hybridized carbons (Fsp3) is 0.500. The molecular formula is C30H28Cl2F5N3O4. The number of aliphatic carboxylic acids is 1. The number of alkyl halides is 5. The molecule has 0 unspecified atom stereocenters. The Bertz CT molecular complexity index is 1580. The summed E-state index contributed by atoms with van der Waals surface area (Å²) in [7, 11) is 0. The number of hydrogen-bond acceptors (Lipinski definition) is 4. The van der Waals surface area contributed by atoms with Crippen molar-refractivity contribution in [3.63, 3.8) is 0 Å². The molecular weight excluding hydrogens is 632 g/mol. The molecule has 0 bridgehead atoms. The average molecular weight is 660 g/mol. The van der Waals surface area contributed by atoms with Crippen LogP contribution in [0.3, 0.4) is 0 Å². The molecule has 2 N–H and O–H groups in total. The minimum Gasteiger partial charge on any atom is -0.481 e. The molecule has 44 heavy (non-hydrogen) atoms. The number of amides is 2. The third-order valence-corrected chi connectivity index (χ3v) is 10.1. The number of fused-ring (bicyclic) bond motifs is 4. The van der Waals surface area contributed by atoms with E-state index in [0.717, 1.165) is 31.6 Å². The first-order chi connectivity index (χ1) is 20.4. The van der Waals surface area contributed by atoms with Crippen LogP contribution in [0.2, 0.25) is 10.0 Å². The molecule has 2 saturated heterocycles. The summed E-state index contributed by atoms with van der Waals surface area (Å²) in [6.45, 7) is 1.06. The number of halogens is 7. The monoisotopic (exact) mass is 659 g/mol. The lowest BCUT2D eigenvalue weighted by molar-refractivity contribution is -0.180. The van der Waals surface area contributed by atoms with E-state index in [1.807, 2.05) is 0 Å². The molecule has 1 aliphatic carbocycles. The van der Waals surface area contributed by atoms with Gasteiger partial charge in [-0.1, -0.05) is 35.3 Å². The van der Waals surface area contributed by atoms with Crippen LogP contribution in [0, 0.1) is 17.8 Å². The van der Waals surface area contributed by atoms with Crippen LogP contribution in [0.25, 0.3) is 0 Å². The van der Waals surface area contributed by atoms with Crippen LogP contribution >= 0.6 is 23.2 Å². The maximum Gasteiger partial charge on any atom is 0.397 e. The molecule has 1 spiro atoms. The topological polar surface area (TPSA) is 90.0 Å². The molecule has 3 fully saturated rings. The number of rotatable bonds is 6. The lowest BCUT2D eigenvalue weighted by Crippen LogP contribution is -2.54. The normalized spacial score (nSPS) is 27.8. The first-order valence-corrected chi connectivity index (χ1v) is 14.8. The summed E-state index contributed by atoms with van der Waals surface area (Å²) in [5.41, 5.74) is -4.57. The number of hydrogen-bond donors (Lipinski definition) is 2. The van der Waals surface area contributed by atoms with Crippen LogP contribution < -0.4 is 10.2 Å². The van der Waals surface area contributed by atoms with Crippen molar-refractivity contribution in [3.05, 3.63) is 57.6 Å². The summed E-state index contributed by atoms with van der Waals surface area (Å²) in [5, 5.41) is 13.2. The molecule has 0 aromatic heterocycles. The summed E-state index contributed by atoms with van der Waals surface area (Å²) in [6.07, 6.45) is -4.06. The van der Waals surface area contributed by atoms with E-state index in [-0.39, 0.29) is 45.0 Å². The fourth-order valence-electron chi connectivity index (χ4n) is 7.07. The Balaban J connectivity index is 1.51. The van der Waals surface area contributed by atoms with Crippen molar-refractivity contribution < 1.29 is 41.4 Å². The highest BCUT2D eigenvalue weighted by molar-refractivity contribution is 6.38. The summed E-state index contributed by atoms with van der Waals surface area (Å²) in [5.74, 6) is -10.2. The van der Waals surface area contributed by atoms with Gasteiger partial charge in [0.25, 0.3) is 11.8 Å². The minimum atomic E-state index is -4.62. The van der Waals surface area contributed by atoms with Gasteiger partial charge in [-0.2, -0.15) is 13.2 Å². The van der Waals surface area contributed by atoms with Gasteiger partial charge in [0.1, 0.15) is 11.5 Å². The molecule has 2 aromatic carbocycles. The largest absolute Gasteiger partial charge is 0.481 e. The van der Waals surface area contributed by atoms with Crippen molar-refractivity contribution in [2.45, 2.75) is 62.2 Å². The van der Waals surface area contributed by atoms with Crippen LogP contribution in [-0.2, 0) is 25.3 Å². The van der Waals surface area contributed by atoms with Crippen LogP contribution in [0.15, 0.2) is 36.4 Å². The predicted molar refractivity (Wildman–Crippen MR) is 152 cm³/mol. The zero-order chi connectivity index (χ0) is 32.1. The van der Waals surface area contributed by atoms with E-state index in [2.05, 4.69) is 5.32 Å². The van der Waals surface area contributed by atoms with Crippen molar-refractivity contribution in [3.8, 4) is 0 Å². The van der Waals surface area contributed by atoms with Gasteiger partial charge < -0.3 is 15.3 Å². The number of carbonyl (C=O) groups excluding carboxylic acids is 2. The number of carboxylic acids is 1. The molecule has 3 aliphatic heterocycles. The fourth-order valence-corrected chi connectivity index (χ4v) is 7.61. The first kappa shape index (κ1) is 31.0. The summed E-state index contributed by atoms with van der Waals surface area (Å²) < 4.78 is 72.2. The Morgan fingerprint density at radius 1 is 1.14 bits per heavy atom. The molecule has 7 nitrogen and oxygen atoms in total. The van der Waals surface area contributed by atoms with Crippen LogP contribution in [0.1, 0.15) is 44.2 Å². The maximum absolute atomic E-state index is 15.2. The zero-order valence-electron chi connectivity index (χ0n) is 23.5. The number of nitrogens with zero attached hydrogens (tertiary/aromatic N) is 2. The number of anilines is 2.